The number of ether oxygens (including phenoxy) is 1. The molecule has 0 radical (unpaired) electrons. The summed E-state index contributed by atoms with van der Waals surface area (Å²) in [4.78, 5) is 43.9. The first-order valence-electron chi connectivity index (χ1n) is 13.2. The zero-order valence-corrected chi connectivity index (χ0v) is 23.5. The lowest BCUT2D eigenvalue weighted by molar-refractivity contribution is -0.141. The SMILES string of the molecule is CN(C(=O)Oc1ccc(F)cc1)[C@]1(C(=O)C2CCN(C(=O)C3(C#N)CC3)CC2)CNC[C@H]1c1ccc(Cl)c(Cl)c1. The first-order chi connectivity index (χ1) is 19.1. The van der Waals surface area contributed by atoms with Gasteiger partial charge in [0.2, 0.25) is 5.91 Å². The normalized spacial score (nSPS) is 23.8. The number of benzene rings is 2. The molecule has 2 heterocycles. The predicted molar refractivity (Wildman–Crippen MR) is 147 cm³/mol. The molecule has 5 rings (SSSR count). The van der Waals surface area contributed by atoms with Gasteiger partial charge < -0.3 is 15.0 Å². The number of Topliss-reactive ketones (excluding diaryl/α,β-unsaturated/α-hetero) is 1. The quantitative estimate of drug-likeness (QED) is 0.521. The van der Waals surface area contributed by atoms with Gasteiger partial charge in [0, 0.05) is 45.1 Å². The number of likely N-dealkylation sites (tertiary alicyclic amines) is 1. The third-order valence-corrected chi connectivity index (χ3v) is 9.25. The van der Waals surface area contributed by atoms with Crippen molar-refractivity contribution in [1.29, 1.82) is 5.26 Å². The average molecular weight is 587 g/mol. The molecule has 11 heteroatoms. The maximum atomic E-state index is 14.5. The molecule has 2 aliphatic heterocycles. The Morgan fingerprint density at radius 3 is 2.38 bits per heavy atom. The molecule has 0 bridgehead atoms. The number of likely N-dealkylation sites (N-methyl/N-ethyl adjacent to an activating group) is 1. The fourth-order valence-electron chi connectivity index (χ4n) is 5.93. The lowest BCUT2D eigenvalue weighted by Crippen LogP contribution is -2.62. The summed E-state index contributed by atoms with van der Waals surface area (Å²) in [6.45, 7) is 1.31. The van der Waals surface area contributed by atoms with E-state index in [9.17, 15) is 24.0 Å². The minimum Gasteiger partial charge on any atom is -0.410 e. The number of carbonyl (C=O) groups excluding carboxylic acids is 3. The zero-order chi connectivity index (χ0) is 28.7. The van der Waals surface area contributed by atoms with Crippen molar-refractivity contribution in [2.24, 2.45) is 11.3 Å². The zero-order valence-electron chi connectivity index (χ0n) is 22.0. The van der Waals surface area contributed by atoms with Crippen LogP contribution in [0.2, 0.25) is 10.0 Å². The van der Waals surface area contributed by atoms with E-state index in [1.807, 2.05) is 0 Å². The van der Waals surface area contributed by atoms with Crippen molar-refractivity contribution in [3.63, 3.8) is 0 Å². The lowest BCUT2D eigenvalue weighted by atomic mass is 9.72. The van der Waals surface area contributed by atoms with Crippen LogP contribution in [0.25, 0.3) is 0 Å². The summed E-state index contributed by atoms with van der Waals surface area (Å²) in [5.74, 6) is -1.50. The minimum absolute atomic E-state index is 0.138. The third kappa shape index (κ3) is 5.05. The van der Waals surface area contributed by atoms with Crippen LogP contribution < -0.4 is 10.1 Å². The molecule has 2 aromatic carbocycles. The monoisotopic (exact) mass is 586 g/mol. The number of amides is 2. The number of nitrogens with one attached hydrogen (secondary N) is 1. The van der Waals surface area contributed by atoms with Crippen molar-refractivity contribution >= 4 is 41.0 Å². The average Bonchev–Trinajstić information content (AvgIpc) is 3.65. The Balaban J connectivity index is 1.43. The maximum Gasteiger partial charge on any atom is 0.415 e. The van der Waals surface area contributed by atoms with Gasteiger partial charge in [-0.1, -0.05) is 29.3 Å². The number of carbonyl (C=O) groups is 3. The van der Waals surface area contributed by atoms with E-state index in [0.717, 1.165) is 5.56 Å². The molecular formula is C29H29Cl2FN4O4. The van der Waals surface area contributed by atoms with E-state index in [2.05, 4.69) is 11.4 Å². The molecule has 40 heavy (non-hydrogen) atoms. The van der Waals surface area contributed by atoms with Gasteiger partial charge in [-0.15, -0.1) is 0 Å². The fraction of sp³-hybridized carbons (Fsp3) is 0.448. The van der Waals surface area contributed by atoms with Crippen LogP contribution >= 0.6 is 23.2 Å². The number of piperidine rings is 1. The van der Waals surface area contributed by atoms with Crippen LogP contribution in [0.4, 0.5) is 9.18 Å². The molecule has 2 saturated heterocycles. The van der Waals surface area contributed by atoms with Crippen LogP contribution in [0, 0.1) is 28.5 Å². The van der Waals surface area contributed by atoms with Crippen molar-refractivity contribution in [3.8, 4) is 11.8 Å². The highest BCUT2D eigenvalue weighted by molar-refractivity contribution is 6.42. The van der Waals surface area contributed by atoms with Gasteiger partial charge in [-0.2, -0.15) is 5.26 Å². The van der Waals surface area contributed by atoms with Crippen LogP contribution in [-0.4, -0.2) is 66.3 Å². The van der Waals surface area contributed by atoms with E-state index in [1.165, 1.54) is 36.2 Å². The van der Waals surface area contributed by atoms with Gasteiger partial charge >= 0.3 is 6.09 Å². The van der Waals surface area contributed by atoms with Gasteiger partial charge in [0.05, 0.1) is 16.1 Å². The molecule has 1 N–H and O–H groups in total. The Morgan fingerprint density at radius 1 is 1.10 bits per heavy atom. The molecule has 2 atom stereocenters. The van der Waals surface area contributed by atoms with Gasteiger partial charge in [-0.05, 0) is 67.6 Å². The van der Waals surface area contributed by atoms with Gasteiger partial charge in [-0.25, -0.2) is 9.18 Å². The summed E-state index contributed by atoms with van der Waals surface area (Å²) in [5.41, 5.74) is -1.49. The van der Waals surface area contributed by atoms with Crippen LogP contribution in [0.15, 0.2) is 42.5 Å². The summed E-state index contributed by atoms with van der Waals surface area (Å²) < 4.78 is 19.0. The Bertz CT molecular complexity index is 1370. The highest BCUT2D eigenvalue weighted by Crippen LogP contribution is 2.47. The van der Waals surface area contributed by atoms with E-state index in [0.29, 0.717) is 55.4 Å². The number of hydrogen-bond donors (Lipinski definition) is 1. The Kier molecular flexibility index (Phi) is 7.79. The molecule has 8 nitrogen and oxygen atoms in total. The molecule has 3 fully saturated rings. The van der Waals surface area contributed by atoms with Crippen molar-refractivity contribution in [2.75, 3.05) is 33.2 Å². The topological polar surface area (TPSA) is 103 Å². The molecule has 1 saturated carbocycles. The first-order valence-corrected chi connectivity index (χ1v) is 14.0. The standard InChI is InChI=1S/C29H29Cl2FN4O4/c1-35(27(39)40-21-5-3-20(32)4-6-21)29(17-34-15-22(29)19-2-7-23(30)24(31)14-19)25(37)18-8-12-36(13-9-18)26(38)28(16-33)10-11-28/h2-7,14,18,22,34H,8-13,15,17H2,1H3/t22-,29+/m0/s1. The number of hydrogen-bond acceptors (Lipinski definition) is 6. The molecule has 0 unspecified atom stereocenters. The predicted octanol–water partition coefficient (Wildman–Crippen LogP) is 4.80. The van der Waals surface area contributed by atoms with Crippen LogP contribution in [0.1, 0.15) is 37.2 Å². The summed E-state index contributed by atoms with van der Waals surface area (Å²) in [6.07, 6.45) is 1.22. The molecular weight excluding hydrogens is 558 g/mol. The van der Waals surface area contributed by atoms with E-state index >= 15 is 0 Å². The van der Waals surface area contributed by atoms with Gasteiger partial charge in [0.25, 0.3) is 0 Å². The smallest absolute Gasteiger partial charge is 0.410 e. The second-order valence-electron chi connectivity index (χ2n) is 10.8. The summed E-state index contributed by atoms with van der Waals surface area (Å²) in [7, 11) is 1.53. The van der Waals surface area contributed by atoms with Gasteiger partial charge in [-0.3, -0.25) is 14.5 Å². The second kappa shape index (κ2) is 11.0. The van der Waals surface area contributed by atoms with E-state index in [1.54, 1.807) is 23.1 Å². The first kappa shape index (κ1) is 28.3. The summed E-state index contributed by atoms with van der Waals surface area (Å²) in [6, 6.07) is 12.4. The molecule has 2 amide bonds. The molecule has 1 aliphatic carbocycles. The Hall–Kier alpha value is -3.19. The molecule has 0 spiro atoms. The molecule has 2 aromatic rings. The van der Waals surface area contributed by atoms with E-state index in [4.69, 9.17) is 27.9 Å². The number of rotatable bonds is 6. The van der Waals surface area contributed by atoms with Crippen molar-refractivity contribution in [1.82, 2.24) is 15.1 Å². The third-order valence-electron chi connectivity index (χ3n) is 8.51. The number of nitrogens with zero attached hydrogens (tertiary/aromatic N) is 3. The maximum absolute atomic E-state index is 14.5. The lowest BCUT2D eigenvalue weighted by Gasteiger charge is -2.44. The highest BCUT2D eigenvalue weighted by Gasteiger charge is 2.57. The van der Waals surface area contributed by atoms with Crippen LogP contribution in [0.5, 0.6) is 5.75 Å². The minimum atomic E-state index is -1.32. The summed E-state index contributed by atoms with van der Waals surface area (Å²) in [5, 5.41) is 13.4. The largest absolute Gasteiger partial charge is 0.415 e. The second-order valence-corrected chi connectivity index (χ2v) is 11.6. The van der Waals surface area contributed by atoms with E-state index in [-0.39, 0.29) is 24.0 Å². The van der Waals surface area contributed by atoms with Gasteiger partial charge in [0.1, 0.15) is 22.5 Å². The molecule has 3 aliphatic rings. The number of ketones is 1. The Morgan fingerprint density at radius 2 is 1.77 bits per heavy atom. The van der Waals surface area contributed by atoms with Gasteiger partial charge in [0.15, 0.2) is 5.78 Å². The van der Waals surface area contributed by atoms with Crippen molar-refractivity contribution < 1.29 is 23.5 Å². The molecule has 0 aromatic heterocycles. The van der Waals surface area contributed by atoms with E-state index < -0.39 is 34.7 Å². The molecule has 210 valence electrons. The number of nitriles is 1. The van der Waals surface area contributed by atoms with Crippen molar-refractivity contribution in [3.05, 3.63) is 63.9 Å². The fourth-order valence-corrected chi connectivity index (χ4v) is 6.24. The Labute approximate surface area is 242 Å². The summed E-state index contributed by atoms with van der Waals surface area (Å²) >= 11 is 12.5. The van der Waals surface area contributed by atoms with Crippen LogP contribution in [0.3, 0.4) is 0 Å². The van der Waals surface area contributed by atoms with Crippen LogP contribution in [-0.2, 0) is 9.59 Å². The highest BCUT2D eigenvalue weighted by atomic mass is 35.5. The number of halogens is 3. The van der Waals surface area contributed by atoms with Crippen molar-refractivity contribution in [2.45, 2.75) is 37.1 Å².